The number of rotatable bonds is 3. The maximum Gasteiger partial charge on any atom is 0.252 e. The molecule has 0 amide bonds. The number of methoxy groups -OCH3 is 1. The van der Waals surface area contributed by atoms with Crippen LogP contribution in [0.1, 0.15) is 12.5 Å². The number of nitrogens with one attached hydrogen (secondary N) is 1. The Hall–Kier alpha value is -1.32. The van der Waals surface area contributed by atoms with Crippen LogP contribution in [0.5, 0.6) is 5.88 Å². The summed E-state index contributed by atoms with van der Waals surface area (Å²) in [6.45, 7) is 1.89. The first kappa shape index (κ1) is 9.77. The van der Waals surface area contributed by atoms with E-state index in [0.29, 0.717) is 17.8 Å². The van der Waals surface area contributed by atoms with Gasteiger partial charge in [-0.2, -0.15) is 4.98 Å². The van der Waals surface area contributed by atoms with Gasteiger partial charge in [0.05, 0.1) is 7.11 Å². The summed E-state index contributed by atoms with van der Waals surface area (Å²) in [4.78, 5) is 3.91. The fourth-order valence-corrected chi connectivity index (χ4v) is 1.08. The summed E-state index contributed by atoms with van der Waals surface area (Å²) in [5.74, 6) is 0.294. The third-order valence-electron chi connectivity index (χ3n) is 1.83. The summed E-state index contributed by atoms with van der Waals surface area (Å²) in [6, 6.07) is 1.68. The Labute approximate surface area is 76.9 Å². The highest BCUT2D eigenvalue weighted by atomic mass is 19.1. The Morgan fingerprint density at radius 1 is 1.62 bits per heavy atom. The monoisotopic (exact) mass is 184 g/mol. The van der Waals surface area contributed by atoms with Gasteiger partial charge in [-0.1, -0.05) is 6.92 Å². The van der Waals surface area contributed by atoms with E-state index in [1.807, 2.05) is 6.92 Å². The van der Waals surface area contributed by atoms with Gasteiger partial charge in [-0.05, 0) is 18.1 Å². The second kappa shape index (κ2) is 4.07. The van der Waals surface area contributed by atoms with Crippen molar-refractivity contribution >= 4 is 5.82 Å². The fraction of sp³-hybridized carbons (Fsp3) is 0.444. The SMILES string of the molecule is CCc1cc(NC)nc(OC)c1F. The topological polar surface area (TPSA) is 34.2 Å². The number of aryl methyl sites for hydroxylation is 1. The smallest absolute Gasteiger partial charge is 0.252 e. The first-order chi connectivity index (χ1) is 6.22. The molecule has 0 fully saturated rings. The van der Waals surface area contributed by atoms with E-state index >= 15 is 0 Å². The van der Waals surface area contributed by atoms with E-state index in [9.17, 15) is 4.39 Å². The highest BCUT2D eigenvalue weighted by Gasteiger charge is 2.10. The van der Waals surface area contributed by atoms with E-state index in [1.165, 1.54) is 7.11 Å². The summed E-state index contributed by atoms with van der Waals surface area (Å²) in [6.07, 6.45) is 0.624. The van der Waals surface area contributed by atoms with Crippen molar-refractivity contribution in [2.75, 3.05) is 19.5 Å². The minimum atomic E-state index is -0.371. The summed E-state index contributed by atoms with van der Waals surface area (Å²) in [5, 5.41) is 2.85. The Bertz CT molecular complexity index is 277. The molecular formula is C9H13FN2O. The molecule has 72 valence electrons. The van der Waals surface area contributed by atoms with Crippen molar-refractivity contribution in [1.82, 2.24) is 4.98 Å². The quantitative estimate of drug-likeness (QED) is 0.778. The lowest BCUT2D eigenvalue weighted by Gasteiger charge is -2.07. The van der Waals surface area contributed by atoms with Gasteiger partial charge in [-0.3, -0.25) is 0 Å². The van der Waals surface area contributed by atoms with Gasteiger partial charge in [-0.15, -0.1) is 0 Å². The highest BCUT2D eigenvalue weighted by molar-refractivity contribution is 5.42. The molecular weight excluding hydrogens is 171 g/mol. The second-order valence-electron chi connectivity index (χ2n) is 2.59. The van der Waals surface area contributed by atoms with Crippen LogP contribution < -0.4 is 10.1 Å². The van der Waals surface area contributed by atoms with Gasteiger partial charge in [0.15, 0.2) is 5.82 Å². The van der Waals surface area contributed by atoms with Crippen LogP contribution in [-0.4, -0.2) is 19.1 Å². The number of hydrogen-bond acceptors (Lipinski definition) is 3. The Morgan fingerprint density at radius 3 is 2.77 bits per heavy atom. The van der Waals surface area contributed by atoms with Crippen LogP contribution in [0.2, 0.25) is 0 Å². The molecule has 0 atom stereocenters. The zero-order chi connectivity index (χ0) is 9.84. The number of hydrogen-bond donors (Lipinski definition) is 1. The normalized spacial score (nSPS) is 9.85. The van der Waals surface area contributed by atoms with Crippen molar-refractivity contribution in [2.24, 2.45) is 0 Å². The van der Waals surface area contributed by atoms with Crippen LogP contribution in [0.3, 0.4) is 0 Å². The summed E-state index contributed by atoms with van der Waals surface area (Å²) >= 11 is 0. The van der Waals surface area contributed by atoms with Gasteiger partial charge >= 0.3 is 0 Å². The van der Waals surface area contributed by atoms with Gasteiger partial charge in [0.25, 0.3) is 5.88 Å². The molecule has 0 bridgehead atoms. The molecule has 13 heavy (non-hydrogen) atoms. The first-order valence-corrected chi connectivity index (χ1v) is 4.14. The molecule has 1 N–H and O–H groups in total. The number of anilines is 1. The first-order valence-electron chi connectivity index (χ1n) is 4.14. The summed E-state index contributed by atoms with van der Waals surface area (Å²) in [7, 11) is 3.14. The lowest BCUT2D eigenvalue weighted by molar-refractivity contribution is 0.367. The molecule has 0 aromatic carbocycles. The van der Waals surface area contributed by atoms with Crippen molar-refractivity contribution in [1.29, 1.82) is 0 Å². The van der Waals surface area contributed by atoms with Crippen LogP contribution in [-0.2, 0) is 6.42 Å². The minimum Gasteiger partial charge on any atom is -0.479 e. The third kappa shape index (κ3) is 1.88. The molecule has 0 saturated heterocycles. The van der Waals surface area contributed by atoms with Crippen LogP contribution in [0.15, 0.2) is 6.07 Å². The summed E-state index contributed by atoms with van der Waals surface area (Å²) in [5.41, 5.74) is 0.608. The number of halogens is 1. The van der Waals surface area contributed by atoms with Crippen LogP contribution in [0, 0.1) is 5.82 Å². The van der Waals surface area contributed by atoms with Crippen LogP contribution >= 0.6 is 0 Å². The lowest BCUT2D eigenvalue weighted by atomic mass is 10.2. The lowest BCUT2D eigenvalue weighted by Crippen LogP contribution is -2.01. The molecule has 0 radical (unpaired) electrons. The molecule has 0 aliphatic carbocycles. The molecule has 0 spiro atoms. The standard InChI is InChI=1S/C9H13FN2O/c1-4-6-5-7(11-2)12-9(13-3)8(6)10/h5H,4H2,1-3H3,(H,11,12). The zero-order valence-corrected chi connectivity index (χ0v) is 8.02. The number of nitrogens with zero attached hydrogens (tertiary/aromatic N) is 1. The van der Waals surface area contributed by atoms with Gasteiger partial charge < -0.3 is 10.1 Å². The molecule has 0 unspecified atom stereocenters. The molecule has 1 aromatic heterocycles. The van der Waals surface area contributed by atoms with Crippen molar-refractivity contribution in [2.45, 2.75) is 13.3 Å². The van der Waals surface area contributed by atoms with Crippen LogP contribution in [0.25, 0.3) is 0 Å². The van der Waals surface area contributed by atoms with E-state index in [1.54, 1.807) is 13.1 Å². The molecule has 0 aliphatic heterocycles. The van der Waals surface area contributed by atoms with Gasteiger partial charge in [0.1, 0.15) is 5.82 Å². The Balaban J connectivity index is 3.20. The van der Waals surface area contributed by atoms with E-state index < -0.39 is 0 Å². The Morgan fingerprint density at radius 2 is 2.31 bits per heavy atom. The largest absolute Gasteiger partial charge is 0.479 e. The number of ether oxygens (including phenoxy) is 1. The molecule has 1 aromatic rings. The van der Waals surface area contributed by atoms with Crippen LogP contribution in [0.4, 0.5) is 10.2 Å². The molecule has 4 heteroatoms. The van der Waals surface area contributed by atoms with E-state index in [4.69, 9.17) is 4.74 Å². The fourth-order valence-electron chi connectivity index (χ4n) is 1.08. The predicted molar refractivity (Wildman–Crippen MR) is 49.7 cm³/mol. The van der Waals surface area contributed by atoms with Gasteiger partial charge in [0.2, 0.25) is 0 Å². The van der Waals surface area contributed by atoms with Gasteiger partial charge in [-0.25, -0.2) is 4.39 Å². The zero-order valence-electron chi connectivity index (χ0n) is 8.02. The molecule has 0 aliphatic rings. The Kier molecular flexibility index (Phi) is 3.06. The van der Waals surface area contributed by atoms with Crippen molar-refractivity contribution in [3.05, 3.63) is 17.4 Å². The number of pyridine rings is 1. The van der Waals surface area contributed by atoms with Gasteiger partial charge in [0, 0.05) is 7.05 Å². The van der Waals surface area contributed by atoms with E-state index in [2.05, 4.69) is 10.3 Å². The summed E-state index contributed by atoms with van der Waals surface area (Å²) < 4.78 is 18.2. The van der Waals surface area contributed by atoms with Crippen molar-refractivity contribution in [3.63, 3.8) is 0 Å². The minimum absolute atomic E-state index is 0.0451. The van der Waals surface area contributed by atoms with E-state index in [-0.39, 0.29) is 11.7 Å². The maximum absolute atomic E-state index is 13.4. The third-order valence-corrected chi connectivity index (χ3v) is 1.83. The number of aromatic nitrogens is 1. The van der Waals surface area contributed by atoms with Crippen molar-refractivity contribution in [3.8, 4) is 5.88 Å². The predicted octanol–water partition coefficient (Wildman–Crippen LogP) is 1.83. The maximum atomic E-state index is 13.4. The van der Waals surface area contributed by atoms with E-state index in [0.717, 1.165) is 0 Å². The molecule has 3 nitrogen and oxygen atoms in total. The van der Waals surface area contributed by atoms with Crippen molar-refractivity contribution < 1.29 is 9.13 Å². The molecule has 0 saturated carbocycles. The average Bonchev–Trinajstić information content (AvgIpc) is 2.18. The second-order valence-corrected chi connectivity index (χ2v) is 2.59. The average molecular weight is 184 g/mol. The molecule has 1 rings (SSSR count). The highest BCUT2D eigenvalue weighted by Crippen LogP contribution is 2.21. The molecule has 1 heterocycles.